The van der Waals surface area contributed by atoms with Crippen molar-refractivity contribution in [2.45, 2.75) is 6.92 Å². The van der Waals surface area contributed by atoms with Crippen LogP contribution in [-0.4, -0.2) is 6.21 Å². The summed E-state index contributed by atoms with van der Waals surface area (Å²) in [6.45, 7) is 5.32. The SMILES string of the molecule is C=C/C=C/N/N=C\C. The van der Waals surface area contributed by atoms with Gasteiger partial charge in [-0.05, 0) is 13.0 Å². The Morgan fingerprint density at radius 1 is 1.62 bits per heavy atom. The normalized spacial score (nSPS) is 10.6. The largest absolute Gasteiger partial charge is 0.286 e. The quantitative estimate of drug-likeness (QED) is 0.330. The molecule has 44 valence electrons. The molecule has 0 aromatic carbocycles. The molecule has 8 heavy (non-hydrogen) atoms. The lowest BCUT2D eigenvalue weighted by molar-refractivity contribution is 0.974. The van der Waals surface area contributed by atoms with E-state index in [1.807, 2.05) is 6.92 Å². The lowest BCUT2D eigenvalue weighted by atomic mass is 10.6. The lowest BCUT2D eigenvalue weighted by Crippen LogP contribution is -1.90. The third-order valence-electron chi connectivity index (χ3n) is 0.510. The first kappa shape index (κ1) is 6.95. The number of rotatable bonds is 3. The Morgan fingerprint density at radius 3 is 2.88 bits per heavy atom. The fourth-order valence-corrected chi connectivity index (χ4v) is 0.229. The summed E-state index contributed by atoms with van der Waals surface area (Å²) in [5.74, 6) is 0. The Balaban J connectivity index is 3.15. The van der Waals surface area contributed by atoms with Gasteiger partial charge in [-0.15, -0.1) is 0 Å². The molecule has 0 atom stereocenters. The topological polar surface area (TPSA) is 24.4 Å². The van der Waals surface area contributed by atoms with E-state index in [2.05, 4.69) is 17.1 Å². The predicted octanol–water partition coefficient (Wildman–Crippen LogP) is 1.28. The number of hydrogen-bond acceptors (Lipinski definition) is 2. The second-order valence-corrected chi connectivity index (χ2v) is 1.11. The zero-order chi connectivity index (χ0) is 6.24. The van der Waals surface area contributed by atoms with E-state index in [-0.39, 0.29) is 0 Å². The van der Waals surface area contributed by atoms with Gasteiger partial charge in [-0.25, -0.2) is 0 Å². The molecular weight excluding hydrogens is 100 g/mol. The lowest BCUT2D eigenvalue weighted by Gasteiger charge is -1.82. The zero-order valence-electron chi connectivity index (χ0n) is 4.96. The number of nitrogens with one attached hydrogen (secondary N) is 1. The van der Waals surface area contributed by atoms with Gasteiger partial charge >= 0.3 is 0 Å². The summed E-state index contributed by atoms with van der Waals surface area (Å²) in [5.41, 5.74) is 2.65. The average molecular weight is 110 g/mol. The van der Waals surface area contributed by atoms with Crippen molar-refractivity contribution in [3.63, 3.8) is 0 Å². The van der Waals surface area contributed by atoms with Gasteiger partial charge in [0.2, 0.25) is 0 Å². The number of allylic oxidation sites excluding steroid dienone is 2. The summed E-state index contributed by atoms with van der Waals surface area (Å²) >= 11 is 0. The highest BCUT2D eigenvalue weighted by Gasteiger charge is 1.57. The van der Waals surface area contributed by atoms with Gasteiger partial charge in [0.25, 0.3) is 0 Å². The smallest absolute Gasteiger partial charge is 0.0215 e. The van der Waals surface area contributed by atoms with Gasteiger partial charge in [-0.3, -0.25) is 5.43 Å². The fraction of sp³-hybridized carbons (Fsp3) is 0.167. The molecule has 2 nitrogen and oxygen atoms in total. The zero-order valence-corrected chi connectivity index (χ0v) is 4.96. The van der Waals surface area contributed by atoms with E-state index < -0.39 is 0 Å². The molecule has 0 aromatic rings. The van der Waals surface area contributed by atoms with E-state index in [0.717, 1.165) is 0 Å². The summed E-state index contributed by atoms with van der Waals surface area (Å²) < 4.78 is 0. The van der Waals surface area contributed by atoms with Crippen molar-refractivity contribution in [2.24, 2.45) is 5.10 Å². The minimum atomic E-state index is 1.67. The summed E-state index contributed by atoms with van der Waals surface area (Å²) in [7, 11) is 0. The average Bonchev–Trinajstić information content (AvgIpc) is 1.81. The summed E-state index contributed by atoms with van der Waals surface area (Å²) in [6.07, 6.45) is 6.83. The molecule has 0 aromatic heterocycles. The Bertz CT molecular complexity index is 103. The molecule has 0 rings (SSSR count). The fourth-order valence-electron chi connectivity index (χ4n) is 0.229. The Morgan fingerprint density at radius 2 is 2.38 bits per heavy atom. The standard InChI is InChI=1S/C6H10N2/c1-3-5-6-8-7-4-2/h3-6,8H,1H2,2H3/b6-5+,7-4-. The highest BCUT2D eigenvalue weighted by Crippen LogP contribution is 1.65. The molecule has 0 heterocycles. The minimum absolute atomic E-state index is 1.67. The number of hydrazone groups is 1. The molecule has 0 unspecified atom stereocenters. The van der Waals surface area contributed by atoms with E-state index in [1.165, 1.54) is 0 Å². The van der Waals surface area contributed by atoms with Crippen LogP contribution in [0.15, 0.2) is 30.0 Å². The molecule has 0 aliphatic carbocycles. The van der Waals surface area contributed by atoms with Crippen LogP contribution in [0.3, 0.4) is 0 Å². The maximum absolute atomic E-state index is 3.70. The molecule has 0 saturated carbocycles. The van der Waals surface area contributed by atoms with E-state index in [1.54, 1.807) is 24.6 Å². The van der Waals surface area contributed by atoms with Gasteiger partial charge in [0, 0.05) is 12.4 Å². The molecular formula is C6H10N2. The van der Waals surface area contributed by atoms with Crippen molar-refractivity contribution in [3.05, 3.63) is 24.9 Å². The van der Waals surface area contributed by atoms with Crippen LogP contribution in [0.5, 0.6) is 0 Å². The highest BCUT2D eigenvalue weighted by atomic mass is 15.3. The van der Waals surface area contributed by atoms with Crippen molar-refractivity contribution in [2.75, 3.05) is 0 Å². The second-order valence-electron chi connectivity index (χ2n) is 1.11. The second kappa shape index (κ2) is 5.95. The van der Waals surface area contributed by atoms with Crippen LogP contribution in [0.2, 0.25) is 0 Å². The molecule has 0 saturated heterocycles. The first-order valence-electron chi connectivity index (χ1n) is 2.42. The van der Waals surface area contributed by atoms with Crippen molar-refractivity contribution in [1.29, 1.82) is 0 Å². The number of hydrogen-bond donors (Lipinski definition) is 1. The van der Waals surface area contributed by atoms with Gasteiger partial charge in [0.05, 0.1) is 0 Å². The van der Waals surface area contributed by atoms with Crippen molar-refractivity contribution >= 4 is 6.21 Å². The van der Waals surface area contributed by atoms with E-state index in [0.29, 0.717) is 0 Å². The van der Waals surface area contributed by atoms with Crippen molar-refractivity contribution < 1.29 is 0 Å². The van der Waals surface area contributed by atoms with Crippen LogP contribution >= 0.6 is 0 Å². The van der Waals surface area contributed by atoms with Crippen LogP contribution in [0.25, 0.3) is 0 Å². The van der Waals surface area contributed by atoms with Crippen LogP contribution in [0.4, 0.5) is 0 Å². The minimum Gasteiger partial charge on any atom is -0.286 e. The van der Waals surface area contributed by atoms with Gasteiger partial charge in [0.15, 0.2) is 0 Å². The van der Waals surface area contributed by atoms with E-state index in [4.69, 9.17) is 0 Å². The highest BCUT2D eigenvalue weighted by molar-refractivity contribution is 5.52. The van der Waals surface area contributed by atoms with Crippen LogP contribution in [-0.2, 0) is 0 Å². The molecule has 0 bridgehead atoms. The Hall–Kier alpha value is -1.05. The molecule has 0 amide bonds. The molecule has 0 aliphatic heterocycles. The van der Waals surface area contributed by atoms with Gasteiger partial charge in [-0.2, -0.15) is 5.10 Å². The Kier molecular flexibility index (Phi) is 5.17. The number of nitrogens with zero attached hydrogens (tertiary/aromatic N) is 1. The van der Waals surface area contributed by atoms with Crippen molar-refractivity contribution in [1.82, 2.24) is 5.43 Å². The van der Waals surface area contributed by atoms with Gasteiger partial charge in [0.1, 0.15) is 0 Å². The van der Waals surface area contributed by atoms with Crippen molar-refractivity contribution in [3.8, 4) is 0 Å². The molecule has 2 heteroatoms. The Labute approximate surface area is 49.6 Å². The molecule has 0 fully saturated rings. The van der Waals surface area contributed by atoms with Crippen LogP contribution < -0.4 is 5.43 Å². The molecule has 0 aliphatic rings. The van der Waals surface area contributed by atoms with E-state index >= 15 is 0 Å². The third-order valence-corrected chi connectivity index (χ3v) is 0.510. The first-order chi connectivity index (χ1) is 3.91. The monoisotopic (exact) mass is 110 g/mol. The van der Waals surface area contributed by atoms with Crippen LogP contribution in [0.1, 0.15) is 6.92 Å². The van der Waals surface area contributed by atoms with E-state index in [9.17, 15) is 0 Å². The van der Waals surface area contributed by atoms with Gasteiger partial charge < -0.3 is 0 Å². The molecule has 0 radical (unpaired) electrons. The maximum Gasteiger partial charge on any atom is 0.0215 e. The first-order valence-corrected chi connectivity index (χ1v) is 2.42. The molecule has 0 spiro atoms. The summed E-state index contributed by atoms with van der Waals surface area (Å²) in [6, 6.07) is 0. The molecule has 1 N–H and O–H groups in total. The summed E-state index contributed by atoms with van der Waals surface area (Å²) in [4.78, 5) is 0. The predicted molar refractivity (Wildman–Crippen MR) is 36.6 cm³/mol. The third kappa shape index (κ3) is 4.95. The van der Waals surface area contributed by atoms with Gasteiger partial charge in [-0.1, -0.05) is 12.7 Å². The summed E-state index contributed by atoms with van der Waals surface area (Å²) in [5, 5.41) is 3.70. The maximum atomic E-state index is 3.70. The van der Waals surface area contributed by atoms with Crippen LogP contribution in [0, 0.1) is 0 Å².